The summed E-state index contributed by atoms with van der Waals surface area (Å²) in [5.74, 6) is 0.0837. The van der Waals surface area contributed by atoms with Gasteiger partial charge in [0.15, 0.2) is 0 Å². The Labute approximate surface area is 160 Å². The van der Waals surface area contributed by atoms with Crippen LogP contribution in [-0.4, -0.2) is 27.4 Å². The Morgan fingerprint density at radius 2 is 1.77 bits per heavy atom. The third-order valence-corrected chi connectivity index (χ3v) is 5.50. The van der Waals surface area contributed by atoms with Crippen LogP contribution in [0, 0.1) is 0 Å². The van der Waals surface area contributed by atoms with Crippen LogP contribution in [0.15, 0.2) is 64.5 Å². The molecular formula is C22H26N2OS. The Hall–Kier alpha value is -2.07. The zero-order valence-electron chi connectivity index (χ0n) is 15.9. The molecule has 0 saturated carbocycles. The fourth-order valence-electron chi connectivity index (χ4n) is 3.14. The van der Waals surface area contributed by atoms with Crippen LogP contribution in [0.3, 0.4) is 0 Å². The van der Waals surface area contributed by atoms with E-state index >= 15 is 0 Å². The molecule has 1 amide bonds. The number of hydrogen-bond acceptors (Lipinski definition) is 3. The zero-order valence-corrected chi connectivity index (χ0v) is 16.7. The molecule has 0 N–H and O–H groups in total. The molecule has 1 atom stereocenters. The SMILES string of the molecule is CC(=O)N(Cc1ccccc1)C1Cc2ccccc2SC1=NC(C)(C)C. The van der Waals surface area contributed by atoms with E-state index in [1.807, 2.05) is 23.1 Å². The minimum atomic E-state index is -0.178. The first-order valence-electron chi connectivity index (χ1n) is 9.00. The van der Waals surface area contributed by atoms with Crippen molar-refractivity contribution in [3.05, 3.63) is 65.7 Å². The zero-order chi connectivity index (χ0) is 18.7. The van der Waals surface area contributed by atoms with Gasteiger partial charge in [0.2, 0.25) is 5.91 Å². The summed E-state index contributed by atoms with van der Waals surface area (Å²) < 4.78 is 0. The van der Waals surface area contributed by atoms with Crippen molar-refractivity contribution < 1.29 is 4.79 Å². The van der Waals surface area contributed by atoms with Gasteiger partial charge in [-0.25, -0.2) is 0 Å². The normalized spacial score (nSPS) is 18.5. The van der Waals surface area contributed by atoms with Gasteiger partial charge in [-0.15, -0.1) is 0 Å². The predicted octanol–water partition coefficient (Wildman–Crippen LogP) is 4.95. The highest BCUT2D eigenvalue weighted by atomic mass is 32.2. The first-order valence-corrected chi connectivity index (χ1v) is 9.82. The number of fused-ring (bicyclic) bond motifs is 1. The molecule has 0 saturated heterocycles. The number of aliphatic imine (C=N–C) groups is 1. The third-order valence-electron chi connectivity index (χ3n) is 4.31. The van der Waals surface area contributed by atoms with Gasteiger partial charge in [-0.3, -0.25) is 9.79 Å². The van der Waals surface area contributed by atoms with Crippen molar-refractivity contribution >= 4 is 22.7 Å². The molecule has 2 aromatic rings. The minimum absolute atomic E-state index is 0.0215. The van der Waals surface area contributed by atoms with Gasteiger partial charge in [0.1, 0.15) is 0 Å². The van der Waals surface area contributed by atoms with Gasteiger partial charge in [0.05, 0.1) is 16.6 Å². The average Bonchev–Trinajstić information content (AvgIpc) is 2.58. The monoisotopic (exact) mass is 366 g/mol. The van der Waals surface area contributed by atoms with Crippen LogP contribution in [-0.2, 0) is 17.8 Å². The number of benzene rings is 2. The summed E-state index contributed by atoms with van der Waals surface area (Å²) in [6.07, 6.45) is 0.810. The Morgan fingerprint density at radius 3 is 2.42 bits per heavy atom. The molecule has 1 heterocycles. The molecule has 26 heavy (non-hydrogen) atoms. The molecule has 136 valence electrons. The Bertz CT molecular complexity index is 808. The van der Waals surface area contributed by atoms with E-state index in [0.29, 0.717) is 6.54 Å². The molecule has 0 bridgehead atoms. The second-order valence-electron chi connectivity index (χ2n) is 7.68. The van der Waals surface area contributed by atoms with Gasteiger partial charge < -0.3 is 4.90 Å². The van der Waals surface area contributed by atoms with Crippen molar-refractivity contribution in [3.63, 3.8) is 0 Å². The summed E-state index contributed by atoms with van der Waals surface area (Å²) in [6.45, 7) is 8.57. The van der Waals surface area contributed by atoms with Crippen LogP contribution >= 0.6 is 11.8 Å². The lowest BCUT2D eigenvalue weighted by Gasteiger charge is -2.36. The molecule has 2 aromatic carbocycles. The molecule has 1 aliphatic rings. The Morgan fingerprint density at radius 1 is 1.12 bits per heavy atom. The highest BCUT2D eigenvalue weighted by Gasteiger charge is 2.32. The van der Waals surface area contributed by atoms with Crippen molar-refractivity contribution in [2.45, 2.75) is 57.1 Å². The van der Waals surface area contributed by atoms with E-state index in [1.54, 1.807) is 18.7 Å². The van der Waals surface area contributed by atoms with E-state index in [2.05, 4.69) is 57.2 Å². The number of hydrogen-bond donors (Lipinski definition) is 0. The number of carbonyl (C=O) groups is 1. The van der Waals surface area contributed by atoms with Gasteiger partial charge in [0.25, 0.3) is 0 Å². The van der Waals surface area contributed by atoms with E-state index in [9.17, 15) is 4.79 Å². The standard InChI is InChI=1S/C22H26N2OS/c1-16(25)24(15-17-10-6-5-7-11-17)19-14-18-12-8-9-13-20(18)26-21(19)23-22(2,3)4/h5-13,19H,14-15H2,1-4H3. The number of nitrogens with zero attached hydrogens (tertiary/aromatic N) is 2. The summed E-state index contributed by atoms with van der Waals surface area (Å²) in [6, 6.07) is 18.6. The summed E-state index contributed by atoms with van der Waals surface area (Å²) in [7, 11) is 0. The van der Waals surface area contributed by atoms with Crippen LogP contribution in [0.1, 0.15) is 38.8 Å². The minimum Gasteiger partial charge on any atom is -0.329 e. The molecule has 4 heteroatoms. The predicted molar refractivity (Wildman–Crippen MR) is 110 cm³/mol. The lowest BCUT2D eigenvalue weighted by molar-refractivity contribution is -0.130. The van der Waals surface area contributed by atoms with Crippen molar-refractivity contribution in [2.75, 3.05) is 0 Å². The van der Waals surface area contributed by atoms with E-state index in [-0.39, 0.29) is 17.5 Å². The molecule has 1 aliphatic heterocycles. The first kappa shape index (κ1) is 18.7. The van der Waals surface area contributed by atoms with Crippen LogP contribution in [0.2, 0.25) is 0 Å². The van der Waals surface area contributed by atoms with Crippen molar-refractivity contribution in [3.8, 4) is 0 Å². The van der Waals surface area contributed by atoms with Crippen molar-refractivity contribution in [1.82, 2.24) is 4.90 Å². The number of thioether (sulfide) groups is 1. The number of amides is 1. The second kappa shape index (κ2) is 7.67. The fourth-order valence-corrected chi connectivity index (χ4v) is 4.46. The number of carbonyl (C=O) groups excluding carboxylic acids is 1. The van der Waals surface area contributed by atoms with Crippen LogP contribution in [0.25, 0.3) is 0 Å². The molecule has 0 aliphatic carbocycles. The molecule has 3 nitrogen and oxygen atoms in total. The van der Waals surface area contributed by atoms with E-state index < -0.39 is 0 Å². The Kier molecular flexibility index (Phi) is 5.52. The third kappa shape index (κ3) is 4.55. The summed E-state index contributed by atoms with van der Waals surface area (Å²) in [5.41, 5.74) is 2.25. The van der Waals surface area contributed by atoms with Gasteiger partial charge in [-0.05, 0) is 38.0 Å². The van der Waals surface area contributed by atoms with Crippen LogP contribution in [0.5, 0.6) is 0 Å². The lowest BCUT2D eigenvalue weighted by atomic mass is 10.0. The molecule has 0 radical (unpaired) electrons. The van der Waals surface area contributed by atoms with E-state index in [0.717, 1.165) is 17.0 Å². The maximum absolute atomic E-state index is 12.5. The quantitative estimate of drug-likeness (QED) is 0.770. The topological polar surface area (TPSA) is 32.7 Å². The first-order chi connectivity index (χ1) is 12.3. The van der Waals surface area contributed by atoms with Crippen molar-refractivity contribution in [2.24, 2.45) is 4.99 Å². The van der Waals surface area contributed by atoms with Gasteiger partial charge in [-0.2, -0.15) is 0 Å². The molecule has 0 aromatic heterocycles. The summed E-state index contributed by atoms with van der Waals surface area (Å²) in [5, 5.41) is 1.03. The van der Waals surface area contributed by atoms with Crippen molar-refractivity contribution in [1.29, 1.82) is 0 Å². The van der Waals surface area contributed by atoms with Gasteiger partial charge in [-0.1, -0.05) is 60.3 Å². The molecule has 1 unspecified atom stereocenters. The van der Waals surface area contributed by atoms with Crippen LogP contribution in [0.4, 0.5) is 0 Å². The average molecular weight is 367 g/mol. The summed E-state index contributed by atoms with van der Waals surface area (Å²) >= 11 is 1.70. The maximum atomic E-state index is 12.5. The Balaban J connectivity index is 1.99. The molecule has 0 fully saturated rings. The van der Waals surface area contributed by atoms with E-state index in [1.165, 1.54) is 10.5 Å². The summed E-state index contributed by atoms with van der Waals surface area (Å²) in [4.78, 5) is 20.7. The second-order valence-corrected chi connectivity index (χ2v) is 8.75. The molecule has 0 spiro atoms. The lowest BCUT2D eigenvalue weighted by Crippen LogP contribution is -2.46. The van der Waals surface area contributed by atoms with Gasteiger partial charge in [0, 0.05) is 24.8 Å². The van der Waals surface area contributed by atoms with Crippen LogP contribution < -0.4 is 0 Å². The molecule has 3 rings (SSSR count). The highest BCUT2D eigenvalue weighted by Crippen LogP contribution is 2.35. The largest absolute Gasteiger partial charge is 0.329 e. The molecular weight excluding hydrogens is 340 g/mol. The van der Waals surface area contributed by atoms with Gasteiger partial charge >= 0.3 is 0 Å². The smallest absolute Gasteiger partial charge is 0.220 e. The fraction of sp³-hybridized carbons (Fsp3) is 0.364. The highest BCUT2D eigenvalue weighted by molar-refractivity contribution is 8.14. The number of rotatable bonds is 3. The maximum Gasteiger partial charge on any atom is 0.220 e. The van der Waals surface area contributed by atoms with E-state index in [4.69, 9.17) is 4.99 Å².